The number of halogens is 5. The van der Waals surface area contributed by atoms with E-state index < -0.39 is 36.3 Å². The van der Waals surface area contributed by atoms with Crippen molar-refractivity contribution in [2.45, 2.75) is 6.18 Å². The van der Waals surface area contributed by atoms with E-state index in [2.05, 4.69) is 4.74 Å². The molecule has 1 rings (SSSR count). The Labute approximate surface area is 103 Å². The third-order valence-electron chi connectivity index (χ3n) is 2.03. The van der Waals surface area contributed by atoms with Gasteiger partial charge in [0.15, 0.2) is 5.83 Å². The molecular weight excluding hydrogens is 281 g/mol. The van der Waals surface area contributed by atoms with E-state index in [1.165, 1.54) is 0 Å². The predicted octanol–water partition coefficient (Wildman–Crippen LogP) is 1.06. The fraction of sp³-hybridized carbons (Fsp3) is 0.556. The van der Waals surface area contributed by atoms with E-state index in [9.17, 15) is 31.5 Å². The lowest BCUT2D eigenvalue weighted by atomic mass is 10.4. The van der Waals surface area contributed by atoms with E-state index in [0.717, 1.165) is 4.90 Å². The first-order chi connectivity index (χ1) is 8.73. The van der Waals surface area contributed by atoms with Gasteiger partial charge in [-0.2, -0.15) is 17.6 Å². The molecule has 1 amide bonds. The van der Waals surface area contributed by atoms with Crippen LogP contribution in [0.4, 0.5) is 22.0 Å². The Morgan fingerprint density at radius 3 is 2.37 bits per heavy atom. The topological polar surface area (TPSA) is 55.8 Å². The van der Waals surface area contributed by atoms with Gasteiger partial charge < -0.3 is 14.4 Å². The molecule has 1 aliphatic rings. The van der Waals surface area contributed by atoms with Gasteiger partial charge >= 0.3 is 18.1 Å². The average Bonchev–Trinajstić information content (AvgIpc) is 2.86. The van der Waals surface area contributed by atoms with Crippen LogP contribution in [0.2, 0.25) is 0 Å². The summed E-state index contributed by atoms with van der Waals surface area (Å²) in [4.78, 5) is 23.2. The molecule has 1 fully saturated rings. The summed E-state index contributed by atoms with van der Waals surface area (Å²) >= 11 is 0. The van der Waals surface area contributed by atoms with Crippen LogP contribution in [-0.4, -0.2) is 49.4 Å². The summed E-state index contributed by atoms with van der Waals surface area (Å²) in [6.45, 7) is -1.49. The minimum Gasteiger partial charge on any atom is -0.451 e. The summed E-state index contributed by atoms with van der Waals surface area (Å²) < 4.78 is 68.8. The first kappa shape index (κ1) is 15.3. The zero-order valence-corrected chi connectivity index (χ0v) is 9.30. The molecular formula is C9H8F5NO4. The SMILES string of the molecule is O=C(OC/C(F)=C(\F)C(F)(F)F)C(=O)N1CCOC1. The van der Waals surface area contributed by atoms with E-state index in [-0.39, 0.29) is 19.9 Å². The second-order valence-electron chi connectivity index (χ2n) is 3.40. The Balaban J connectivity index is 2.52. The zero-order valence-electron chi connectivity index (χ0n) is 9.30. The molecule has 0 radical (unpaired) electrons. The number of ether oxygens (including phenoxy) is 2. The second kappa shape index (κ2) is 5.95. The molecule has 0 N–H and O–H groups in total. The molecule has 0 aromatic carbocycles. The number of alkyl halides is 3. The average molecular weight is 289 g/mol. The van der Waals surface area contributed by atoms with Crippen LogP contribution in [0, 0.1) is 0 Å². The Morgan fingerprint density at radius 2 is 1.89 bits per heavy atom. The smallest absolute Gasteiger partial charge is 0.445 e. The lowest BCUT2D eigenvalue weighted by Gasteiger charge is -2.12. The van der Waals surface area contributed by atoms with Gasteiger partial charge in [0, 0.05) is 6.54 Å². The normalized spacial score (nSPS) is 17.2. The predicted molar refractivity (Wildman–Crippen MR) is 48.8 cm³/mol. The highest BCUT2D eigenvalue weighted by Crippen LogP contribution is 2.29. The molecule has 1 aliphatic heterocycles. The Morgan fingerprint density at radius 1 is 1.26 bits per heavy atom. The van der Waals surface area contributed by atoms with Gasteiger partial charge in [0.05, 0.1) is 6.61 Å². The van der Waals surface area contributed by atoms with Crippen LogP contribution in [0.5, 0.6) is 0 Å². The number of esters is 1. The molecule has 0 bridgehead atoms. The first-order valence-electron chi connectivity index (χ1n) is 4.88. The molecule has 1 saturated heterocycles. The van der Waals surface area contributed by atoms with Gasteiger partial charge in [0.2, 0.25) is 5.83 Å². The maximum Gasteiger partial charge on any atom is 0.445 e. The Bertz CT molecular complexity index is 400. The van der Waals surface area contributed by atoms with Gasteiger partial charge in [-0.1, -0.05) is 0 Å². The van der Waals surface area contributed by atoms with Crippen molar-refractivity contribution < 1.29 is 41.0 Å². The molecule has 1 heterocycles. The van der Waals surface area contributed by atoms with Gasteiger partial charge in [0.1, 0.15) is 13.3 Å². The molecule has 0 aromatic rings. The molecule has 19 heavy (non-hydrogen) atoms. The van der Waals surface area contributed by atoms with Crippen LogP contribution in [-0.2, 0) is 19.1 Å². The van der Waals surface area contributed by atoms with Crippen LogP contribution in [0.15, 0.2) is 11.7 Å². The molecule has 0 atom stereocenters. The molecule has 10 heteroatoms. The summed E-state index contributed by atoms with van der Waals surface area (Å²) in [6, 6.07) is 0. The van der Waals surface area contributed by atoms with Gasteiger partial charge in [-0.05, 0) is 0 Å². The van der Waals surface area contributed by atoms with E-state index in [0.29, 0.717) is 0 Å². The maximum absolute atomic E-state index is 12.7. The van der Waals surface area contributed by atoms with Crippen molar-refractivity contribution in [3.63, 3.8) is 0 Å². The molecule has 0 aromatic heterocycles. The number of carbonyl (C=O) groups is 2. The van der Waals surface area contributed by atoms with Crippen LogP contribution < -0.4 is 0 Å². The van der Waals surface area contributed by atoms with Gasteiger partial charge in [0.25, 0.3) is 0 Å². The van der Waals surface area contributed by atoms with Crippen molar-refractivity contribution in [1.29, 1.82) is 0 Å². The van der Waals surface area contributed by atoms with E-state index in [1.54, 1.807) is 0 Å². The summed E-state index contributed by atoms with van der Waals surface area (Å²) in [5.41, 5.74) is 0. The van der Waals surface area contributed by atoms with Crippen molar-refractivity contribution in [1.82, 2.24) is 4.90 Å². The summed E-state index contributed by atoms with van der Waals surface area (Å²) in [5, 5.41) is 0. The summed E-state index contributed by atoms with van der Waals surface area (Å²) in [5.74, 6) is -8.10. The summed E-state index contributed by atoms with van der Waals surface area (Å²) in [7, 11) is 0. The number of hydrogen-bond acceptors (Lipinski definition) is 4. The minimum absolute atomic E-state index is 0.100. The van der Waals surface area contributed by atoms with Gasteiger partial charge in [-0.25, -0.2) is 9.18 Å². The number of carbonyl (C=O) groups excluding carboxylic acids is 2. The minimum atomic E-state index is -5.51. The van der Waals surface area contributed by atoms with Gasteiger partial charge in [-0.15, -0.1) is 0 Å². The van der Waals surface area contributed by atoms with E-state index in [4.69, 9.17) is 4.74 Å². The highest BCUT2D eigenvalue weighted by Gasteiger charge is 2.38. The highest BCUT2D eigenvalue weighted by molar-refractivity contribution is 6.32. The maximum atomic E-state index is 12.7. The molecule has 0 spiro atoms. The first-order valence-corrected chi connectivity index (χ1v) is 4.88. The second-order valence-corrected chi connectivity index (χ2v) is 3.40. The monoisotopic (exact) mass is 289 g/mol. The number of amides is 1. The van der Waals surface area contributed by atoms with Crippen molar-refractivity contribution >= 4 is 11.9 Å². The molecule has 0 saturated carbocycles. The number of nitrogens with zero attached hydrogens (tertiary/aromatic N) is 1. The summed E-state index contributed by atoms with van der Waals surface area (Å²) in [6.07, 6.45) is -5.51. The van der Waals surface area contributed by atoms with Crippen molar-refractivity contribution in [3.8, 4) is 0 Å². The van der Waals surface area contributed by atoms with Gasteiger partial charge in [-0.3, -0.25) is 4.79 Å². The molecule has 0 aliphatic carbocycles. The molecule has 108 valence electrons. The van der Waals surface area contributed by atoms with Crippen molar-refractivity contribution in [3.05, 3.63) is 11.7 Å². The number of hydrogen-bond donors (Lipinski definition) is 0. The van der Waals surface area contributed by atoms with Crippen molar-refractivity contribution in [2.75, 3.05) is 26.5 Å². The number of allylic oxidation sites excluding steroid dienone is 1. The number of rotatable bonds is 2. The van der Waals surface area contributed by atoms with Crippen LogP contribution in [0.25, 0.3) is 0 Å². The Hall–Kier alpha value is -1.71. The third-order valence-corrected chi connectivity index (χ3v) is 2.03. The largest absolute Gasteiger partial charge is 0.451 e. The van der Waals surface area contributed by atoms with Crippen LogP contribution in [0.3, 0.4) is 0 Å². The molecule has 0 unspecified atom stereocenters. The fourth-order valence-electron chi connectivity index (χ4n) is 1.11. The van der Waals surface area contributed by atoms with E-state index >= 15 is 0 Å². The van der Waals surface area contributed by atoms with Crippen LogP contribution >= 0.6 is 0 Å². The van der Waals surface area contributed by atoms with Crippen molar-refractivity contribution in [2.24, 2.45) is 0 Å². The highest BCUT2D eigenvalue weighted by atomic mass is 19.4. The quantitative estimate of drug-likeness (QED) is 0.433. The lowest BCUT2D eigenvalue weighted by molar-refractivity contribution is -0.160. The molecule has 5 nitrogen and oxygen atoms in total. The third kappa shape index (κ3) is 4.16. The van der Waals surface area contributed by atoms with E-state index in [1.807, 2.05) is 0 Å². The fourth-order valence-corrected chi connectivity index (χ4v) is 1.11. The standard InChI is InChI=1S/C9H8F5NO4/c10-5(6(11)9(12,13)14)3-19-8(17)7(16)15-1-2-18-4-15/h1-4H2/b6-5+. The van der Waals surface area contributed by atoms with Crippen LogP contribution in [0.1, 0.15) is 0 Å². The zero-order chi connectivity index (χ0) is 14.6. The lowest BCUT2D eigenvalue weighted by Crippen LogP contribution is -2.36. The Kier molecular flexibility index (Phi) is 4.81.